The molecule has 2 aromatic rings. The van der Waals surface area contributed by atoms with Gasteiger partial charge in [-0.3, -0.25) is 4.79 Å². The molecule has 0 saturated carbocycles. The van der Waals surface area contributed by atoms with E-state index < -0.39 is 5.97 Å². The molecule has 0 radical (unpaired) electrons. The van der Waals surface area contributed by atoms with Crippen LogP contribution in [0.3, 0.4) is 0 Å². The number of esters is 1. The van der Waals surface area contributed by atoms with Crippen LogP contribution in [-0.4, -0.2) is 30.0 Å². The Morgan fingerprint density at radius 3 is 2.55 bits per heavy atom. The molecule has 116 valence electrons. The molecule has 1 heterocycles. The van der Waals surface area contributed by atoms with Gasteiger partial charge < -0.3 is 14.6 Å². The van der Waals surface area contributed by atoms with E-state index in [2.05, 4.69) is 10.1 Å². The van der Waals surface area contributed by atoms with Gasteiger partial charge in [0, 0.05) is 29.7 Å². The Balaban J connectivity index is 2.08. The van der Waals surface area contributed by atoms with E-state index in [1.807, 2.05) is 37.6 Å². The topological polar surface area (TPSA) is 60.3 Å². The average Bonchev–Trinajstić information content (AvgIpc) is 2.79. The van der Waals surface area contributed by atoms with Gasteiger partial charge in [-0.15, -0.1) is 0 Å². The normalized spacial score (nSPS) is 10.4. The number of benzene rings is 1. The first kappa shape index (κ1) is 15.8. The highest BCUT2D eigenvalue weighted by Crippen LogP contribution is 2.15. The molecule has 0 saturated heterocycles. The number of Topliss-reactive ketones (excluding diaryl/α,β-unsaturated/α-hetero) is 1. The lowest BCUT2D eigenvalue weighted by Gasteiger charge is -2.07. The summed E-state index contributed by atoms with van der Waals surface area (Å²) >= 11 is 0. The van der Waals surface area contributed by atoms with E-state index in [-0.39, 0.29) is 12.3 Å². The lowest BCUT2D eigenvalue weighted by atomic mass is 10.1. The van der Waals surface area contributed by atoms with Crippen molar-refractivity contribution >= 4 is 17.4 Å². The van der Waals surface area contributed by atoms with Crippen molar-refractivity contribution in [1.29, 1.82) is 0 Å². The van der Waals surface area contributed by atoms with Crippen molar-refractivity contribution < 1.29 is 14.3 Å². The Morgan fingerprint density at radius 2 is 1.95 bits per heavy atom. The Hall–Kier alpha value is -2.56. The van der Waals surface area contributed by atoms with Crippen LogP contribution in [0.1, 0.15) is 32.1 Å². The fourth-order valence-electron chi connectivity index (χ4n) is 2.29. The second kappa shape index (κ2) is 6.47. The molecule has 0 aliphatic rings. The molecular formula is C17H20N2O3. The number of rotatable bonds is 5. The van der Waals surface area contributed by atoms with Gasteiger partial charge in [0.2, 0.25) is 0 Å². The smallest absolute Gasteiger partial charge is 0.337 e. The number of nitrogens with one attached hydrogen (secondary N) is 1. The lowest BCUT2D eigenvalue weighted by molar-refractivity contribution is 0.0600. The molecule has 1 aromatic heterocycles. The van der Waals surface area contributed by atoms with Crippen LogP contribution < -0.4 is 5.32 Å². The molecule has 22 heavy (non-hydrogen) atoms. The van der Waals surface area contributed by atoms with Gasteiger partial charge in [0.15, 0.2) is 5.78 Å². The van der Waals surface area contributed by atoms with E-state index in [1.54, 1.807) is 18.2 Å². The van der Waals surface area contributed by atoms with Crippen LogP contribution in [0, 0.1) is 13.8 Å². The molecule has 0 fully saturated rings. The molecule has 0 aliphatic heterocycles. The van der Waals surface area contributed by atoms with Crippen molar-refractivity contribution in [2.24, 2.45) is 7.05 Å². The molecule has 0 atom stereocenters. The lowest BCUT2D eigenvalue weighted by Crippen LogP contribution is -2.15. The minimum Gasteiger partial charge on any atom is -0.465 e. The summed E-state index contributed by atoms with van der Waals surface area (Å²) in [5.74, 6) is -0.380. The van der Waals surface area contributed by atoms with Gasteiger partial charge in [-0.1, -0.05) is 6.07 Å². The van der Waals surface area contributed by atoms with Crippen LogP contribution in [-0.2, 0) is 11.8 Å². The van der Waals surface area contributed by atoms with E-state index in [9.17, 15) is 9.59 Å². The van der Waals surface area contributed by atoms with Crippen molar-refractivity contribution in [3.63, 3.8) is 0 Å². The summed E-state index contributed by atoms with van der Waals surface area (Å²) in [4.78, 5) is 23.8. The van der Waals surface area contributed by atoms with Crippen LogP contribution >= 0.6 is 0 Å². The molecule has 0 bridgehead atoms. The van der Waals surface area contributed by atoms with Gasteiger partial charge >= 0.3 is 5.97 Å². The highest BCUT2D eigenvalue weighted by Gasteiger charge is 2.14. The Morgan fingerprint density at radius 1 is 1.23 bits per heavy atom. The second-order valence-corrected chi connectivity index (χ2v) is 5.19. The summed E-state index contributed by atoms with van der Waals surface area (Å²) in [5.41, 5.74) is 3.88. The summed E-state index contributed by atoms with van der Waals surface area (Å²) in [6.07, 6.45) is 0. The number of hydrogen-bond acceptors (Lipinski definition) is 4. The molecule has 2 rings (SSSR count). The quantitative estimate of drug-likeness (QED) is 0.681. The number of hydrogen-bond donors (Lipinski definition) is 1. The van der Waals surface area contributed by atoms with Gasteiger partial charge in [0.25, 0.3) is 0 Å². The number of nitrogens with zero attached hydrogens (tertiary/aromatic N) is 1. The van der Waals surface area contributed by atoms with E-state index in [0.29, 0.717) is 11.3 Å². The molecule has 5 nitrogen and oxygen atoms in total. The van der Waals surface area contributed by atoms with Gasteiger partial charge in [0.05, 0.1) is 19.2 Å². The third-order valence-electron chi connectivity index (χ3n) is 3.81. The minimum atomic E-state index is -0.399. The number of ether oxygens (including phenoxy) is 1. The number of methoxy groups -OCH3 is 1. The van der Waals surface area contributed by atoms with Gasteiger partial charge in [-0.25, -0.2) is 4.79 Å². The van der Waals surface area contributed by atoms with Crippen molar-refractivity contribution in [3.8, 4) is 0 Å². The van der Waals surface area contributed by atoms with E-state index >= 15 is 0 Å². The standard InChI is InChI=1S/C17H20N2O3/c1-11-8-15(12(2)19(11)3)16(20)10-18-14-7-5-6-13(9-14)17(21)22-4/h5-9,18H,10H2,1-4H3. The monoisotopic (exact) mass is 300 g/mol. The molecule has 0 amide bonds. The maximum absolute atomic E-state index is 12.3. The van der Waals surface area contributed by atoms with Crippen LogP contribution in [0.15, 0.2) is 30.3 Å². The zero-order valence-electron chi connectivity index (χ0n) is 13.3. The number of carbonyl (C=O) groups excluding carboxylic acids is 2. The summed E-state index contributed by atoms with van der Waals surface area (Å²) in [6.45, 7) is 4.07. The highest BCUT2D eigenvalue weighted by molar-refractivity contribution is 6.00. The third-order valence-corrected chi connectivity index (χ3v) is 3.81. The first-order valence-electron chi connectivity index (χ1n) is 7.02. The zero-order chi connectivity index (χ0) is 16.3. The van der Waals surface area contributed by atoms with Crippen molar-refractivity contribution in [3.05, 3.63) is 52.8 Å². The maximum Gasteiger partial charge on any atom is 0.337 e. The molecule has 0 aliphatic carbocycles. The van der Waals surface area contributed by atoms with Crippen LogP contribution in [0.25, 0.3) is 0 Å². The maximum atomic E-state index is 12.3. The van der Waals surface area contributed by atoms with Crippen molar-refractivity contribution in [2.45, 2.75) is 13.8 Å². The van der Waals surface area contributed by atoms with E-state index in [0.717, 1.165) is 17.0 Å². The summed E-state index contributed by atoms with van der Waals surface area (Å²) in [7, 11) is 3.28. The molecule has 1 N–H and O–H groups in total. The first-order chi connectivity index (χ1) is 10.4. The van der Waals surface area contributed by atoms with Crippen molar-refractivity contribution in [2.75, 3.05) is 19.0 Å². The molecular weight excluding hydrogens is 280 g/mol. The number of ketones is 1. The van der Waals surface area contributed by atoms with E-state index in [4.69, 9.17) is 0 Å². The average molecular weight is 300 g/mol. The Bertz CT molecular complexity index is 717. The predicted molar refractivity (Wildman–Crippen MR) is 85.5 cm³/mol. The number of aryl methyl sites for hydroxylation is 1. The van der Waals surface area contributed by atoms with Gasteiger partial charge in [-0.05, 0) is 38.1 Å². The zero-order valence-corrected chi connectivity index (χ0v) is 13.3. The van der Waals surface area contributed by atoms with Crippen LogP contribution in [0.4, 0.5) is 5.69 Å². The second-order valence-electron chi connectivity index (χ2n) is 5.19. The van der Waals surface area contributed by atoms with Crippen molar-refractivity contribution in [1.82, 2.24) is 4.57 Å². The molecule has 0 spiro atoms. The molecule has 1 aromatic carbocycles. The largest absolute Gasteiger partial charge is 0.465 e. The minimum absolute atomic E-state index is 0.0182. The van der Waals surface area contributed by atoms with Gasteiger partial charge in [0.1, 0.15) is 0 Å². The Labute approximate surface area is 129 Å². The van der Waals surface area contributed by atoms with Crippen LogP contribution in [0.2, 0.25) is 0 Å². The fourth-order valence-corrected chi connectivity index (χ4v) is 2.29. The van der Waals surface area contributed by atoms with Crippen LogP contribution in [0.5, 0.6) is 0 Å². The number of carbonyl (C=O) groups is 2. The molecule has 0 unspecified atom stereocenters. The summed E-state index contributed by atoms with van der Waals surface area (Å²) < 4.78 is 6.67. The SMILES string of the molecule is COC(=O)c1cccc(NCC(=O)c2cc(C)n(C)c2C)c1. The van der Waals surface area contributed by atoms with E-state index in [1.165, 1.54) is 7.11 Å². The van der Waals surface area contributed by atoms with Gasteiger partial charge in [-0.2, -0.15) is 0 Å². The predicted octanol–water partition coefficient (Wildman–Crippen LogP) is 2.72. The first-order valence-corrected chi connectivity index (χ1v) is 7.02. The Kier molecular flexibility index (Phi) is 4.65. The molecule has 5 heteroatoms. The summed E-state index contributed by atoms with van der Waals surface area (Å²) in [5, 5.41) is 3.05. The highest BCUT2D eigenvalue weighted by atomic mass is 16.5. The number of anilines is 1. The third kappa shape index (κ3) is 3.19. The fraction of sp³-hybridized carbons (Fsp3) is 0.294. The summed E-state index contributed by atoms with van der Waals surface area (Å²) in [6, 6.07) is 8.79. The number of aromatic nitrogens is 1.